The van der Waals surface area contributed by atoms with Crippen molar-refractivity contribution in [3.8, 4) is 6.07 Å². The fraction of sp³-hybridized carbons (Fsp3) is 0.846. The number of nitrogens with zero attached hydrogens (tertiary/aromatic N) is 2. The Bertz CT molecular complexity index is 309. The highest BCUT2D eigenvalue weighted by Crippen LogP contribution is 2.28. The van der Waals surface area contributed by atoms with Crippen LogP contribution in [0, 0.1) is 23.2 Å². The lowest BCUT2D eigenvalue weighted by Crippen LogP contribution is -2.49. The fourth-order valence-electron chi connectivity index (χ4n) is 2.96. The van der Waals surface area contributed by atoms with E-state index in [1.165, 1.54) is 12.8 Å². The molecule has 1 amide bonds. The maximum Gasteiger partial charge on any atom is 0.239 e. The SMILES string of the molecule is N#CC1CCN(C(=O)[C@H](N)C2CCCC2)CC1. The standard InChI is InChI=1S/C13H21N3O/c14-9-10-5-7-16(8-6-10)13(17)12(15)11-3-1-2-4-11/h10-12H,1-8,15H2/t12-/m1/s1. The Kier molecular flexibility index (Phi) is 4.01. The number of rotatable bonds is 2. The fourth-order valence-corrected chi connectivity index (χ4v) is 2.96. The summed E-state index contributed by atoms with van der Waals surface area (Å²) in [6, 6.07) is 1.97. The largest absolute Gasteiger partial charge is 0.341 e. The number of piperidine rings is 1. The second-order valence-electron chi connectivity index (χ2n) is 5.30. The first-order chi connectivity index (χ1) is 8.22. The van der Waals surface area contributed by atoms with E-state index in [0.717, 1.165) is 25.7 Å². The Labute approximate surface area is 103 Å². The summed E-state index contributed by atoms with van der Waals surface area (Å²) in [6.07, 6.45) is 6.23. The van der Waals surface area contributed by atoms with E-state index in [1.807, 2.05) is 4.90 Å². The van der Waals surface area contributed by atoms with E-state index in [9.17, 15) is 4.79 Å². The molecule has 94 valence electrons. The minimum absolute atomic E-state index is 0.105. The van der Waals surface area contributed by atoms with Gasteiger partial charge < -0.3 is 10.6 Å². The highest BCUT2D eigenvalue weighted by Gasteiger charge is 2.32. The molecule has 0 unspecified atom stereocenters. The van der Waals surface area contributed by atoms with E-state index >= 15 is 0 Å². The van der Waals surface area contributed by atoms with Crippen molar-refractivity contribution in [3.05, 3.63) is 0 Å². The Balaban J connectivity index is 1.85. The van der Waals surface area contributed by atoms with Gasteiger partial charge in [-0.15, -0.1) is 0 Å². The summed E-state index contributed by atoms with van der Waals surface area (Å²) < 4.78 is 0. The van der Waals surface area contributed by atoms with Crippen molar-refractivity contribution in [1.82, 2.24) is 4.90 Å². The van der Waals surface area contributed by atoms with Crippen molar-refractivity contribution in [1.29, 1.82) is 5.26 Å². The van der Waals surface area contributed by atoms with E-state index in [1.54, 1.807) is 0 Å². The number of hydrogen-bond donors (Lipinski definition) is 1. The smallest absolute Gasteiger partial charge is 0.239 e. The molecule has 1 atom stereocenters. The summed E-state index contributed by atoms with van der Waals surface area (Å²) in [4.78, 5) is 14.1. The third kappa shape index (κ3) is 2.78. The summed E-state index contributed by atoms with van der Waals surface area (Å²) in [7, 11) is 0. The molecule has 0 aromatic rings. The molecule has 0 aromatic carbocycles. The Morgan fingerprint density at radius 3 is 2.35 bits per heavy atom. The molecular formula is C13H21N3O. The molecule has 0 bridgehead atoms. The molecule has 2 rings (SSSR count). The van der Waals surface area contributed by atoms with Crippen LogP contribution in [0.2, 0.25) is 0 Å². The van der Waals surface area contributed by atoms with E-state index in [2.05, 4.69) is 6.07 Å². The van der Waals surface area contributed by atoms with Crippen LogP contribution in [0.3, 0.4) is 0 Å². The molecule has 1 saturated carbocycles. The first-order valence-corrected chi connectivity index (χ1v) is 6.66. The maximum atomic E-state index is 12.2. The van der Waals surface area contributed by atoms with Gasteiger partial charge in [0.05, 0.1) is 12.1 Å². The van der Waals surface area contributed by atoms with E-state index in [4.69, 9.17) is 11.0 Å². The van der Waals surface area contributed by atoms with Crippen LogP contribution in [-0.2, 0) is 4.79 Å². The van der Waals surface area contributed by atoms with Gasteiger partial charge >= 0.3 is 0 Å². The number of carbonyl (C=O) groups excluding carboxylic acids is 1. The van der Waals surface area contributed by atoms with Crippen LogP contribution >= 0.6 is 0 Å². The summed E-state index contributed by atoms with van der Waals surface area (Å²) in [6.45, 7) is 1.41. The number of amides is 1. The van der Waals surface area contributed by atoms with Crippen LogP contribution < -0.4 is 5.73 Å². The van der Waals surface area contributed by atoms with Crippen LogP contribution in [0.5, 0.6) is 0 Å². The average molecular weight is 235 g/mol. The van der Waals surface area contributed by atoms with Crippen LogP contribution in [0.25, 0.3) is 0 Å². The molecule has 17 heavy (non-hydrogen) atoms. The highest BCUT2D eigenvalue weighted by atomic mass is 16.2. The summed E-state index contributed by atoms with van der Waals surface area (Å²) in [5.74, 6) is 0.617. The van der Waals surface area contributed by atoms with E-state index < -0.39 is 0 Å². The van der Waals surface area contributed by atoms with Gasteiger partial charge in [0.1, 0.15) is 0 Å². The van der Waals surface area contributed by atoms with Gasteiger partial charge in [0.2, 0.25) is 5.91 Å². The minimum atomic E-state index is -0.309. The predicted molar refractivity (Wildman–Crippen MR) is 64.9 cm³/mol. The van der Waals surface area contributed by atoms with Crippen molar-refractivity contribution in [2.75, 3.05) is 13.1 Å². The molecular weight excluding hydrogens is 214 g/mol. The van der Waals surface area contributed by atoms with Gasteiger partial charge in [0, 0.05) is 19.0 Å². The molecule has 0 spiro atoms. The van der Waals surface area contributed by atoms with Gasteiger partial charge in [-0.2, -0.15) is 5.26 Å². The monoisotopic (exact) mass is 235 g/mol. The van der Waals surface area contributed by atoms with Crippen molar-refractivity contribution < 1.29 is 4.79 Å². The van der Waals surface area contributed by atoms with Crippen molar-refractivity contribution in [2.45, 2.75) is 44.6 Å². The quantitative estimate of drug-likeness (QED) is 0.783. The second kappa shape index (κ2) is 5.50. The normalized spacial score (nSPS) is 24.6. The lowest BCUT2D eigenvalue weighted by Gasteiger charge is -2.32. The maximum absolute atomic E-state index is 12.2. The van der Waals surface area contributed by atoms with Crippen LogP contribution in [-0.4, -0.2) is 29.9 Å². The number of likely N-dealkylation sites (tertiary alicyclic amines) is 1. The third-order valence-corrected chi connectivity index (χ3v) is 4.18. The van der Waals surface area contributed by atoms with Crippen LogP contribution in [0.1, 0.15) is 38.5 Å². The molecule has 2 aliphatic rings. The molecule has 0 radical (unpaired) electrons. The molecule has 1 heterocycles. The van der Waals surface area contributed by atoms with E-state index in [-0.39, 0.29) is 17.9 Å². The highest BCUT2D eigenvalue weighted by molar-refractivity contribution is 5.82. The first kappa shape index (κ1) is 12.4. The van der Waals surface area contributed by atoms with Crippen molar-refractivity contribution >= 4 is 5.91 Å². The predicted octanol–water partition coefficient (Wildman–Crippen LogP) is 1.27. The zero-order valence-electron chi connectivity index (χ0n) is 10.3. The minimum Gasteiger partial charge on any atom is -0.341 e. The molecule has 1 saturated heterocycles. The van der Waals surface area contributed by atoms with Crippen molar-refractivity contribution in [2.24, 2.45) is 17.6 Å². The number of hydrogen-bond acceptors (Lipinski definition) is 3. The summed E-state index contributed by atoms with van der Waals surface area (Å²) in [5.41, 5.74) is 6.06. The first-order valence-electron chi connectivity index (χ1n) is 6.66. The van der Waals surface area contributed by atoms with Gasteiger partial charge in [-0.3, -0.25) is 4.79 Å². The molecule has 0 aromatic heterocycles. The van der Waals surface area contributed by atoms with Gasteiger partial charge in [-0.1, -0.05) is 12.8 Å². The second-order valence-corrected chi connectivity index (χ2v) is 5.30. The third-order valence-electron chi connectivity index (χ3n) is 4.18. The Morgan fingerprint density at radius 1 is 1.24 bits per heavy atom. The van der Waals surface area contributed by atoms with Gasteiger partial charge in [0.25, 0.3) is 0 Å². The van der Waals surface area contributed by atoms with Crippen LogP contribution in [0.4, 0.5) is 0 Å². The van der Waals surface area contributed by atoms with Gasteiger partial charge in [0.15, 0.2) is 0 Å². The van der Waals surface area contributed by atoms with Gasteiger partial charge in [-0.05, 0) is 31.6 Å². The lowest BCUT2D eigenvalue weighted by molar-refractivity contribution is -0.135. The number of nitriles is 1. The van der Waals surface area contributed by atoms with Crippen molar-refractivity contribution in [3.63, 3.8) is 0 Å². The molecule has 2 N–H and O–H groups in total. The van der Waals surface area contributed by atoms with Gasteiger partial charge in [-0.25, -0.2) is 0 Å². The molecule has 1 aliphatic carbocycles. The topological polar surface area (TPSA) is 70.1 Å². The average Bonchev–Trinajstić information content (AvgIpc) is 2.91. The Hall–Kier alpha value is -1.08. The number of nitrogens with two attached hydrogens (primary N) is 1. The summed E-state index contributed by atoms with van der Waals surface area (Å²) in [5, 5.41) is 8.82. The molecule has 1 aliphatic heterocycles. The lowest BCUT2D eigenvalue weighted by atomic mass is 9.94. The zero-order chi connectivity index (χ0) is 12.3. The molecule has 2 fully saturated rings. The molecule has 4 nitrogen and oxygen atoms in total. The Morgan fingerprint density at radius 2 is 1.82 bits per heavy atom. The van der Waals surface area contributed by atoms with Crippen LogP contribution in [0.15, 0.2) is 0 Å². The summed E-state index contributed by atoms with van der Waals surface area (Å²) >= 11 is 0. The molecule has 4 heteroatoms. The van der Waals surface area contributed by atoms with E-state index in [0.29, 0.717) is 19.0 Å². The number of carbonyl (C=O) groups is 1. The zero-order valence-corrected chi connectivity index (χ0v) is 10.3.